The van der Waals surface area contributed by atoms with Crippen molar-refractivity contribution in [2.75, 3.05) is 13.2 Å². The van der Waals surface area contributed by atoms with Crippen molar-refractivity contribution in [3.63, 3.8) is 0 Å². The van der Waals surface area contributed by atoms with E-state index in [4.69, 9.17) is 14.2 Å². The van der Waals surface area contributed by atoms with E-state index in [1.807, 2.05) is 48.5 Å². The van der Waals surface area contributed by atoms with Gasteiger partial charge in [0.2, 0.25) is 17.5 Å². The van der Waals surface area contributed by atoms with E-state index in [-0.39, 0.29) is 24.6 Å². The molecule has 5 rings (SSSR count). The van der Waals surface area contributed by atoms with Gasteiger partial charge in [0.15, 0.2) is 17.4 Å². The number of benzene rings is 3. The predicted molar refractivity (Wildman–Crippen MR) is 183 cm³/mol. The number of carbonyl (C=O) groups is 3. The SMILES string of the molecule is C[C@@H](C(=O)N[C@@H](CC(=O)OC(C)(C)C)C(O)COc1c(F)c(F)cc(F)c1F)N(C(=O)OCC1c2ccccc2-c2ccccc21)C1CCCCC1. The van der Waals surface area contributed by atoms with Gasteiger partial charge in [-0.3, -0.25) is 14.5 Å². The number of nitrogens with one attached hydrogen (secondary N) is 1. The maximum absolute atomic E-state index is 14.3. The molecule has 3 aromatic rings. The van der Waals surface area contributed by atoms with Crippen molar-refractivity contribution in [2.45, 2.75) is 102 Å². The summed E-state index contributed by atoms with van der Waals surface area (Å²) in [6.07, 6.45) is 0.735. The van der Waals surface area contributed by atoms with Crippen LogP contribution < -0.4 is 10.1 Å². The van der Waals surface area contributed by atoms with Crippen molar-refractivity contribution >= 4 is 18.0 Å². The first kappa shape index (κ1) is 38.6. The molecule has 0 spiro atoms. The summed E-state index contributed by atoms with van der Waals surface area (Å²) in [6, 6.07) is 12.8. The van der Waals surface area contributed by atoms with Crippen molar-refractivity contribution in [3.05, 3.63) is 89.0 Å². The van der Waals surface area contributed by atoms with E-state index in [2.05, 4.69) is 5.32 Å². The molecule has 1 fully saturated rings. The predicted octanol–water partition coefficient (Wildman–Crippen LogP) is 7.17. The highest BCUT2D eigenvalue weighted by Crippen LogP contribution is 2.44. The minimum atomic E-state index is -1.83. The van der Waals surface area contributed by atoms with Crippen LogP contribution in [0.3, 0.4) is 0 Å². The van der Waals surface area contributed by atoms with Gasteiger partial charge < -0.3 is 24.6 Å². The Hall–Kier alpha value is -4.65. The van der Waals surface area contributed by atoms with Crippen molar-refractivity contribution in [3.8, 4) is 16.9 Å². The Kier molecular flexibility index (Phi) is 12.1. The summed E-state index contributed by atoms with van der Waals surface area (Å²) in [6.45, 7) is 5.38. The molecular weight excluding hydrogens is 684 g/mol. The molecule has 280 valence electrons. The number of fused-ring (bicyclic) bond motifs is 3. The van der Waals surface area contributed by atoms with Crippen LogP contribution in [0.4, 0.5) is 22.4 Å². The minimum Gasteiger partial charge on any atom is -0.485 e. The Balaban J connectivity index is 1.34. The van der Waals surface area contributed by atoms with Crippen LogP contribution in [-0.2, 0) is 19.1 Å². The smallest absolute Gasteiger partial charge is 0.410 e. The number of esters is 1. The first-order valence-electron chi connectivity index (χ1n) is 17.5. The van der Waals surface area contributed by atoms with E-state index in [0.29, 0.717) is 12.8 Å². The fraction of sp³-hybridized carbons (Fsp3) is 0.462. The molecule has 0 radical (unpaired) electrons. The molecule has 0 bridgehead atoms. The number of amides is 2. The van der Waals surface area contributed by atoms with Gasteiger partial charge in [0.05, 0.1) is 12.5 Å². The average Bonchev–Trinajstić information content (AvgIpc) is 3.42. The Morgan fingerprint density at radius 1 is 0.904 bits per heavy atom. The van der Waals surface area contributed by atoms with Gasteiger partial charge >= 0.3 is 12.1 Å². The van der Waals surface area contributed by atoms with E-state index >= 15 is 0 Å². The second kappa shape index (κ2) is 16.4. The van der Waals surface area contributed by atoms with Crippen molar-refractivity contribution < 1.29 is 51.3 Å². The van der Waals surface area contributed by atoms with Crippen LogP contribution in [0.5, 0.6) is 5.75 Å². The molecule has 2 amide bonds. The number of hydrogen-bond acceptors (Lipinski definition) is 7. The minimum absolute atomic E-state index is 0.00944. The summed E-state index contributed by atoms with van der Waals surface area (Å²) < 4.78 is 72.4. The number of hydrogen-bond donors (Lipinski definition) is 2. The molecule has 0 saturated heterocycles. The third-order valence-corrected chi connectivity index (χ3v) is 9.38. The summed E-state index contributed by atoms with van der Waals surface area (Å²) in [5.41, 5.74) is 3.22. The topological polar surface area (TPSA) is 114 Å². The van der Waals surface area contributed by atoms with E-state index in [1.54, 1.807) is 20.8 Å². The zero-order chi connectivity index (χ0) is 37.7. The van der Waals surface area contributed by atoms with Crippen LogP contribution in [0.15, 0.2) is 54.6 Å². The Bertz CT molecular complexity index is 1700. The first-order chi connectivity index (χ1) is 24.7. The molecule has 2 N–H and O–H groups in total. The zero-order valence-corrected chi connectivity index (χ0v) is 29.6. The Labute approximate surface area is 300 Å². The number of aliphatic hydroxyl groups is 1. The lowest BCUT2D eigenvalue weighted by atomic mass is 9.93. The summed E-state index contributed by atoms with van der Waals surface area (Å²) in [7, 11) is 0. The molecule has 3 atom stereocenters. The first-order valence-corrected chi connectivity index (χ1v) is 17.5. The molecular formula is C39H44F4N2O7. The molecule has 0 heterocycles. The second-order valence-corrected chi connectivity index (χ2v) is 14.3. The lowest BCUT2D eigenvalue weighted by molar-refractivity contribution is -0.156. The number of ether oxygens (including phenoxy) is 3. The van der Waals surface area contributed by atoms with Crippen LogP contribution >= 0.6 is 0 Å². The fourth-order valence-electron chi connectivity index (χ4n) is 6.89. The molecule has 52 heavy (non-hydrogen) atoms. The molecule has 1 saturated carbocycles. The van der Waals surface area contributed by atoms with Crippen molar-refractivity contribution in [1.82, 2.24) is 10.2 Å². The molecule has 1 unspecified atom stereocenters. The van der Waals surface area contributed by atoms with Crippen LogP contribution in [0.2, 0.25) is 0 Å². The summed E-state index contributed by atoms with van der Waals surface area (Å²) in [4.78, 5) is 42.1. The van der Waals surface area contributed by atoms with Gasteiger partial charge in [0.1, 0.15) is 31.0 Å². The fourth-order valence-corrected chi connectivity index (χ4v) is 6.89. The monoisotopic (exact) mass is 728 g/mol. The summed E-state index contributed by atoms with van der Waals surface area (Å²) in [5.74, 6) is -10.3. The van der Waals surface area contributed by atoms with Gasteiger partial charge in [-0.2, -0.15) is 8.78 Å². The van der Waals surface area contributed by atoms with Gasteiger partial charge in [-0.25, -0.2) is 13.6 Å². The van der Waals surface area contributed by atoms with Gasteiger partial charge in [-0.05, 0) is 62.8 Å². The van der Waals surface area contributed by atoms with E-state index in [0.717, 1.165) is 41.5 Å². The third kappa shape index (κ3) is 8.86. The summed E-state index contributed by atoms with van der Waals surface area (Å²) in [5, 5.41) is 13.6. The average molecular weight is 729 g/mol. The van der Waals surface area contributed by atoms with Crippen molar-refractivity contribution in [2.24, 2.45) is 0 Å². The quantitative estimate of drug-likeness (QED) is 0.116. The van der Waals surface area contributed by atoms with Crippen LogP contribution in [0, 0.1) is 23.3 Å². The number of aliphatic hydroxyl groups excluding tert-OH is 1. The second-order valence-electron chi connectivity index (χ2n) is 14.3. The normalized spacial score (nSPS) is 16.2. The lowest BCUT2D eigenvalue weighted by Gasteiger charge is -2.38. The van der Waals surface area contributed by atoms with E-state index < -0.39 is 83.8 Å². The molecule has 9 nitrogen and oxygen atoms in total. The van der Waals surface area contributed by atoms with Crippen molar-refractivity contribution in [1.29, 1.82) is 0 Å². The van der Waals surface area contributed by atoms with Gasteiger partial charge in [-0.15, -0.1) is 0 Å². The lowest BCUT2D eigenvalue weighted by Crippen LogP contribution is -2.57. The summed E-state index contributed by atoms with van der Waals surface area (Å²) >= 11 is 0. The standard InChI is InChI=1S/C39H44F4N2O7/c1-22(37(48)44-31(19-33(47)52-39(2,3)4)32(46)21-50-36-34(42)29(40)18-30(41)35(36)43)45(23-12-6-5-7-13-23)38(49)51-20-28-26-16-10-8-14-24(26)25-15-9-11-17-27(25)28/h8-11,14-18,22-23,28,31-32,46H,5-7,12-13,19-21H2,1-4H3,(H,44,48)/t22-,31-,32?/m0/s1. The highest BCUT2D eigenvalue weighted by atomic mass is 19.2. The largest absolute Gasteiger partial charge is 0.485 e. The van der Waals surface area contributed by atoms with Crippen LogP contribution in [0.1, 0.15) is 83.3 Å². The Morgan fingerprint density at radius 2 is 1.46 bits per heavy atom. The third-order valence-electron chi connectivity index (χ3n) is 9.38. The van der Waals surface area contributed by atoms with Gasteiger partial charge in [0.25, 0.3) is 0 Å². The number of carbonyl (C=O) groups excluding carboxylic acids is 3. The zero-order valence-electron chi connectivity index (χ0n) is 29.6. The van der Waals surface area contributed by atoms with Gasteiger partial charge in [-0.1, -0.05) is 67.8 Å². The molecule has 2 aliphatic carbocycles. The molecule has 3 aromatic carbocycles. The molecule has 2 aliphatic rings. The van der Waals surface area contributed by atoms with Gasteiger partial charge in [0, 0.05) is 18.0 Å². The number of rotatable bonds is 12. The Morgan fingerprint density at radius 3 is 2.02 bits per heavy atom. The number of halogens is 4. The van der Waals surface area contributed by atoms with E-state index in [9.17, 15) is 37.1 Å². The molecule has 0 aliphatic heterocycles. The number of nitrogens with zero attached hydrogens (tertiary/aromatic N) is 1. The molecule has 13 heteroatoms. The van der Waals surface area contributed by atoms with Crippen LogP contribution in [0.25, 0.3) is 11.1 Å². The van der Waals surface area contributed by atoms with E-state index in [1.165, 1.54) is 11.8 Å². The highest BCUT2D eigenvalue weighted by molar-refractivity contribution is 5.86. The highest BCUT2D eigenvalue weighted by Gasteiger charge is 2.38. The molecule has 0 aromatic heterocycles. The van der Waals surface area contributed by atoms with Crippen LogP contribution in [-0.4, -0.2) is 71.0 Å². The maximum Gasteiger partial charge on any atom is 0.410 e. The maximum atomic E-state index is 14.3.